The van der Waals surface area contributed by atoms with E-state index in [9.17, 15) is 0 Å². The van der Waals surface area contributed by atoms with Gasteiger partial charge >= 0.3 is 8.56 Å². The first-order valence-electron chi connectivity index (χ1n) is 10.2. The Bertz CT molecular complexity index is 936. The van der Waals surface area contributed by atoms with Gasteiger partial charge in [0.1, 0.15) is 0 Å². The van der Waals surface area contributed by atoms with Crippen molar-refractivity contribution in [1.82, 2.24) is 0 Å². The van der Waals surface area contributed by atoms with Crippen LogP contribution in [0.1, 0.15) is 0 Å². The first kappa shape index (κ1) is 22.4. The van der Waals surface area contributed by atoms with Gasteiger partial charge in [-0.05, 0) is 35.2 Å². The standard InChI is InChI=1S/C25H30O2Si3/c1-6-28(3,4)26-30(24-19-13-9-14-20-24,25-21-15-10-16-22-25)27-29(5,7-2)23-17-11-8-12-18-23/h6-22H,1-2H2,3-5H3. The summed E-state index contributed by atoms with van der Waals surface area (Å²) in [5.74, 6) is 0. The lowest BCUT2D eigenvalue weighted by atomic mass is 10.4. The molecule has 1 unspecified atom stereocenters. The zero-order valence-corrected chi connectivity index (χ0v) is 21.0. The van der Waals surface area contributed by atoms with Crippen LogP contribution in [0.15, 0.2) is 116 Å². The molecule has 0 aliphatic rings. The van der Waals surface area contributed by atoms with Crippen LogP contribution >= 0.6 is 0 Å². The molecule has 0 fully saturated rings. The minimum absolute atomic E-state index is 1.11. The molecule has 2 nitrogen and oxygen atoms in total. The smallest absolute Gasteiger partial charge is 0.387 e. The molecule has 0 saturated carbocycles. The highest BCUT2D eigenvalue weighted by molar-refractivity contribution is 7.06. The molecule has 1 atom stereocenters. The molecule has 3 aromatic carbocycles. The summed E-state index contributed by atoms with van der Waals surface area (Å²) in [6.07, 6.45) is 0. The van der Waals surface area contributed by atoms with Gasteiger partial charge in [0.05, 0.1) is 0 Å². The zero-order chi connectivity index (χ0) is 21.7. The van der Waals surface area contributed by atoms with Gasteiger partial charge in [-0.2, -0.15) is 0 Å². The maximum absolute atomic E-state index is 7.30. The molecule has 3 aromatic rings. The van der Waals surface area contributed by atoms with Crippen molar-refractivity contribution in [3.05, 3.63) is 116 Å². The van der Waals surface area contributed by atoms with Gasteiger partial charge in [-0.1, -0.05) is 102 Å². The molecule has 5 heteroatoms. The summed E-state index contributed by atoms with van der Waals surface area (Å²) in [6, 6.07) is 31.3. The van der Waals surface area contributed by atoms with E-state index in [2.05, 4.69) is 106 Å². The van der Waals surface area contributed by atoms with Crippen molar-refractivity contribution in [2.45, 2.75) is 19.6 Å². The van der Waals surface area contributed by atoms with Crippen molar-refractivity contribution in [1.29, 1.82) is 0 Å². The van der Waals surface area contributed by atoms with Gasteiger partial charge in [-0.25, -0.2) is 0 Å². The monoisotopic (exact) mass is 446 g/mol. The summed E-state index contributed by atoms with van der Waals surface area (Å²) in [5.41, 5.74) is 4.00. The second kappa shape index (κ2) is 9.24. The van der Waals surface area contributed by atoms with Gasteiger partial charge in [0, 0.05) is 0 Å². The van der Waals surface area contributed by atoms with Crippen LogP contribution in [0.4, 0.5) is 0 Å². The highest BCUT2D eigenvalue weighted by Gasteiger charge is 2.50. The van der Waals surface area contributed by atoms with Crippen LogP contribution in [0, 0.1) is 0 Å². The molecule has 0 aromatic heterocycles. The first-order chi connectivity index (χ1) is 14.4. The largest absolute Gasteiger partial charge is 0.426 e. The molecular weight excluding hydrogens is 417 g/mol. The fourth-order valence-electron chi connectivity index (χ4n) is 3.44. The van der Waals surface area contributed by atoms with Gasteiger partial charge < -0.3 is 8.23 Å². The molecule has 0 spiro atoms. The molecule has 0 saturated heterocycles. The van der Waals surface area contributed by atoms with Gasteiger partial charge in [0.15, 0.2) is 0 Å². The maximum atomic E-state index is 7.30. The van der Waals surface area contributed by atoms with Crippen molar-refractivity contribution in [2.75, 3.05) is 0 Å². The Balaban J connectivity index is 2.27. The second-order valence-corrected chi connectivity index (χ2v) is 18.9. The summed E-state index contributed by atoms with van der Waals surface area (Å²) in [4.78, 5) is 0. The van der Waals surface area contributed by atoms with E-state index in [0.29, 0.717) is 0 Å². The zero-order valence-electron chi connectivity index (χ0n) is 18.0. The average Bonchev–Trinajstić information content (AvgIpc) is 2.80. The third-order valence-corrected chi connectivity index (χ3v) is 16.8. The van der Waals surface area contributed by atoms with Crippen molar-refractivity contribution < 1.29 is 8.23 Å². The minimum atomic E-state index is -3.06. The molecular formula is C25H30O2Si3. The summed E-state index contributed by atoms with van der Waals surface area (Å²) in [5, 5.41) is 3.40. The average molecular weight is 447 g/mol. The van der Waals surface area contributed by atoms with Crippen LogP contribution < -0.4 is 15.6 Å². The van der Waals surface area contributed by atoms with Crippen LogP contribution in [-0.2, 0) is 8.23 Å². The summed E-state index contributed by atoms with van der Waals surface area (Å²) < 4.78 is 14.4. The lowest BCUT2D eigenvalue weighted by Gasteiger charge is -2.42. The van der Waals surface area contributed by atoms with Crippen molar-refractivity contribution in [3.63, 3.8) is 0 Å². The van der Waals surface area contributed by atoms with Crippen LogP contribution in [0.5, 0.6) is 0 Å². The quantitative estimate of drug-likeness (QED) is 0.453. The first-order valence-corrected chi connectivity index (χ1v) is 17.5. The predicted octanol–water partition coefficient (Wildman–Crippen LogP) is 4.41. The third kappa shape index (κ3) is 4.71. The SMILES string of the molecule is C=C[Si](C)(C)O[Si](O[Si](C)(C=C)c1ccccc1)(c1ccccc1)c1ccccc1. The minimum Gasteiger partial charge on any atom is -0.426 e. The molecule has 0 amide bonds. The van der Waals surface area contributed by atoms with Gasteiger partial charge in [-0.3, -0.25) is 0 Å². The molecule has 30 heavy (non-hydrogen) atoms. The summed E-state index contributed by atoms with van der Waals surface area (Å²) in [7, 11) is -7.79. The fourth-order valence-corrected chi connectivity index (χ4v) is 15.0. The highest BCUT2D eigenvalue weighted by Crippen LogP contribution is 2.23. The molecule has 0 aliphatic heterocycles. The number of benzene rings is 3. The lowest BCUT2D eigenvalue weighted by molar-refractivity contribution is 0.421. The number of hydrogen-bond acceptors (Lipinski definition) is 2. The predicted molar refractivity (Wildman–Crippen MR) is 136 cm³/mol. The molecule has 0 bridgehead atoms. The molecule has 3 rings (SSSR count). The summed E-state index contributed by atoms with van der Waals surface area (Å²) in [6.45, 7) is 14.8. The van der Waals surface area contributed by atoms with E-state index in [4.69, 9.17) is 8.23 Å². The van der Waals surface area contributed by atoms with E-state index in [1.807, 2.05) is 29.6 Å². The normalized spacial score (nSPS) is 14.0. The third-order valence-electron chi connectivity index (χ3n) is 5.30. The maximum Gasteiger partial charge on any atom is 0.387 e. The molecule has 0 heterocycles. The lowest BCUT2D eigenvalue weighted by Crippen LogP contribution is -2.72. The van der Waals surface area contributed by atoms with E-state index in [1.165, 1.54) is 5.19 Å². The van der Waals surface area contributed by atoms with Gasteiger partial charge in [0.2, 0.25) is 16.6 Å². The Labute approximate surface area is 184 Å². The highest BCUT2D eigenvalue weighted by atomic mass is 28.5. The molecule has 0 radical (unpaired) electrons. The Morgan fingerprint density at radius 2 is 0.967 bits per heavy atom. The van der Waals surface area contributed by atoms with Crippen LogP contribution in [0.2, 0.25) is 19.6 Å². The molecule has 0 N–H and O–H groups in total. The van der Waals surface area contributed by atoms with E-state index < -0.39 is 25.2 Å². The van der Waals surface area contributed by atoms with Gasteiger partial charge in [0.25, 0.3) is 0 Å². The Hall–Kier alpha value is -2.29. The van der Waals surface area contributed by atoms with Crippen molar-refractivity contribution in [3.8, 4) is 0 Å². The van der Waals surface area contributed by atoms with Crippen molar-refractivity contribution >= 4 is 40.8 Å². The van der Waals surface area contributed by atoms with Crippen molar-refractivity contribution in [2.24, 2.45) is 0 Å². The topological polar surface area (TPSA) is 18.5 Å². The number of hydrogen-bond donors (Lipinski definition) is 0. The Morgan fingerprint density at radius 3 is 1.33 bits per heavy atom. The molecule has 0 aliphatic carbocycles. The van der Waals surface area contributed by atoms with Crippen LogP contribution in [0.3, 0.4) is 0 Å². The van der Waals surface area contributed by atoms with Crippen LogP contribution in [0.25, 0.3) is 0 Å². The van der Waals surface area contributed by atoms with E-state index in [1.54, 1.807) is 0 Å². The van der Waals surface area contributed by atoms with E-state index >= 15 is 0 Å². The summed E-state index contributed by atoms with van der Waals surface area (Å²) >= 11 is 0. The van der Waals surface area contributed by atoms with Gasteiger partial charge in [-0.15, -0.1) is 13.2 Å². The molecule has 154 valence electrons. The van der Waals surface area contributed by atoms with Crippen LogP contribution in [-0.4, -0.2) is 25.2 Å². The second-order valence-electron chi connectivity index (χ2n) is 8.04. The van der Waals surface area contributed by atoms with E-state index in [0.717, 1.165) is 10.4 Å². The fraction of sp³-hybridized carbons (Fsp3) is 0.120. The van der Waals surface area contributed by atoms with E-state index in [-0.39, 0.29) is 0 Å². The Kier molecular flexibility index (Phi) is 6.90. The Morgan fingerprint density at radius 1 is 0.567 bits per heavy atom. The number of rotatable bonds is 9.